The Morgan fingerprint density at radius 2 is 0.695 bits per heavy atom. The first-order valence-corrected chi connectivity index (χ1v) is 20.6. The van der Waals surface area contributed by atoms with E-state index in [1.54, 1.807) is 0 Å². The molecule has 0 spiro atoms. The van der Waals surface area contributed by atoms with Gasteiger partial charge in [0.1, 0.15) is 0 Å². The van der Waals surface area contributed by atoms with Gasteiger partial charge in [-0.25, -0.2) is 15.0 Å². The average molecular weight is 758 g/mol. The number of aromatic nitrogens is 3. The van der Waals surface area contributed by atoms with Crippen LogP contribution in [0, 0.1) is 0 Å². The first kappa shape index (κ1) is 36.1. The van der Waals surface area contributed by atoms with Gasteiger partial charge in [0.15, 0.2) is 17.5 Å². The van der Waals surface area contributed by atoms with Gasteiger partial charge in [-0.2, -0.15) is 0 Å². The van der Waals surface area contributed by atoms with Gasteiger partial charge >= 0.3 is 0 Å². The third-order valence-corrected chi connectivity index (χ3v) is 12.0. The normalized spacial score (nSPS) is 14.1. The Balaban J connectivity index is 1.02. The fourth-order valence-corrected chi connectivity index (χ4v) is 8.89. The van der Waals surface area contributed by atoms with Crippen LogP contribution in [0.2, 0.25) is 0 Å². The van der Waals surface area contributed by atoms with Crippen molar-refractivity contribution < 1.29 is 0 Å². The third kappa shape index (κ3) is 6.85. The van der Waals surface area contributed by atoms with Crippen molar-refractivity contribution in [1.29, 1.82) is 0 Å². The van der Waals surface area contributed by atoms with Gasteiger partial charge in [0.25, 0.3) is 0 Å². The molecule has 1 aliphatic carbocycles. The van der Waals surface area contributed by atoms with Crippen LogP contribution < -0.4 is 0 Å². The number of rotatable bonds is 9. The minimum atomic E-state index is -0.00125. The fourth-order valence-electron chi connectivity index (χ4n) is 8.89. The second kappa shape index (κ2) is 15.3. The summed E-state index contributed by atoms with van der Waals surface area (Å²) in [6, 6.07) is 71.3. The smallest absolute Gasteiger partial charge is 0.164 e. The molecule has 10 rings (SSSR count). The molecule has 9 aromatic rings. The Morgan fingerprint density at radius 1 is 0.322 bits per heavy atom. The quantitative estimate of drug-likeness (QED) is 0.147. The molecule has 282 valence electrons. The van der Waals surface area contributed by atoms with Gasteiger partial charge in [0, 0.05) is 22.1 Å². The molecule has 1 unspecified atom stereocenters. The molecular weight excluding hydrogens is 715 g/mol. The SMILES string of the molecule is CCCC1(C)c2ccccc2-c2ccc(-c3cccc(-c4cccc(-c5nc(-c6ccc(-c7ccccc7)cc6)nc(-c6ccc(-c7ccccc7)cc6)n5)c4)c3)cc21. The summed E-state index contributed by atoms with van der Waals surface area (Å²) in [4.78, 5) is 15.3. The third-order valence-electron chi connectivity index (χ3n) is 12.0. The number of hydrogen-bond donors (Lipinski definition) is 0. The van der Waals surface area contributed by atoms with Gasteiger partial charge in [-0.1, -0.05) is 202 Å². The molecule has 59 heavy (non-hydrogen) atoms. The zero-order valence-electron chi connectivity index (χ0n) is 33.3. The lowest BCUT2D eigenvalue weighted by Gasteiger charge is -2.27. The summed E-state index contributed by atoms with van der Waals surface area (Å²) in [5.74, 6) is 1.91. The van der Waals surface area contributed by atoms with E-state index >= 15 is 0 Å². The highest BCUT2D eigenvalue weighted by Gasteiger charge is 2.38. The maximum atomic E-state index is 5.12. The second-order valence-corrected chi connectivity index (χ2v) is 15.7. The van der Waals surface area contributed by atoms with E-state index in [4.69, 9.17) is 15.0 Å². The fraction of sp³-hybridized carbons (Fsp3) is 0.0893. The average Bonchev–Trinajstić information content (AvgIpc) is 3.56. The highest BCUT2D eigenvalue weighted by molar-refractivity contribution is 5.85. The van der Waals surface area contributed by atoms with Crippen LogP contribution in [0.4, 0.5) is 0 Å². The molecule has 1 atom stereocenters. The van der Waals surface area contributed by atoms with Crippen molar-refractivity contribution >= 4 is 0 Å². The van der Waals surface area contributed by atoms with E-state index in [1.807, 2.05) is 12.1 Å². The Kier molecular flexibility index (Phi) is 9.35. The molecule has 1 heterocycles. The van der Waals surface area contributed by atoms with Crippen molar-refractivity contribution in [2.45, 2.75) is 32.1 Å². The van der Waals surface area contributed by atoms with Gasteiger partial charge < -0.3 is 0 Å². The Morgan fingerprint density at radius 3 is 1.24 bits per heavy atom. The summed E-state index contributed by atoms with van der Waals surface area (Å²) < 4.78 is 0. The van der Waals surface area contributed by atoms with Gasteiger partial charge in [-0.05, 0) is 91.4 Å². The molecular formula is C56H43N3. The van der Waals surface area contributed by atoms with E-state index in [2.05, 4.69) is 202 Å². The van der Waals surface area contributed by atoms with Crippen molar-refractivity contribution in [3.63, 3.8) is 0 Å². The van der Waals surface area contributed by atoms with Gasteiger partial charge in [-0.15, -0.1) is 0 Å². The first-order valence-electron chi connectivity index (χ1n) is 20.6. The number of fused-ring (bicyclic) bond motifs is 3. The Labute approximate surface area is 346 Å². The van der Waals surface area contributed by atoms with E-state index < -0.39 is 0 Å². The van der Waals surface area contributed by atoms with E-state index in [0.29, 0.717) is 17.5 Å². The van der Waals surface area contributed by atoms with E-state index in [-0.39, 0.29) is 5.41 Å². The molecule has 0 saturated carbocycles. The summed E-state index contributed by atoms with van der Waals surface area (Å²) in [7, 11) is 0. The molecule has 0 radical (unpaired) electrons. The van der Waals surface area contributed by atoms with E-state index in [1.165, 1.54) is 44.5 Å². The summed E-state index contributed by atoms with van der Waals surface area (Å²) in [6.45, 7) is 4.71. The van der Waals surface area contributed by atoms with E-state index in [9.17, 15) is 0 Å². The summed E-state index contributed by atoms with van der Waals surface area (Å²) in [5.41, 5.74) is 17.7. The summed E-state index contributed by atoms with van der Waals surface area (Å²) in [5, 5.41) is 0. The molecule has 3 heteroatoms. The van der Waals surface area contributed by atoms with Gasteiger partial charge in [0.05, 0.1) is 0 Å². The number of nitrogens with zero attached hydrogens (tertiary/aromatic N) is 3. The molecule has 0 bridgehead atoms. The monoisotopic (exact) mass is 757 g/mol. The Hall–Kier alpha value is -7.23. The van der Waals surface area contributed by atoms with Crippen molar-refractivity contribution in [2.24, 2.45) is 0 Å². The zero-order chi connectivity index (χ0) is 39.8. The lowest BCUT2D eigenvalue weighted by atomic mass is 9.76. The molecule has 0 fully saturated rings. The zero-order valence-corrected chi connectivity index (χ0v) is 33.3. The highest BCUT2D eigenvalue weighted by Crippen LogP contribution is 2.52. The molecule has 8 aromatic carbocycles. The van der Waals surface area contributed by atoms with Crippen LogP contribution in [-0.2, 0) is 5.41 Å². The van der Waals surface area contributed by atoms with Crippen LogP contribution in [0.5, 0.6) is 0 Å². The lowest BCUT2D eigenvalue weighted by Crippen LogP contribution is -2.20. The standard InChI is InChI=1S/C56H43N3/c1-3-34-56(2)51-23-11-10-22-49(51)50-33-32-47(37-52(50)56)45-19-12-18-44(35-45)46-20-13-21-48(36-46)55-58-53(42-28-24-40(25-29-42)38-14-6-4-7-15-38)57-54(59-55)43-30-26-41(27-31-43)39-16-8-5-9-17-39/h4-33,35-37H,3,34H2,1-2H3. The van der Waals surface area contributed by atoms with Crippen molar-refractivity contribution in [1.82, 2.24) is 15.0 Å². The van der Waals surface area contributed by atoms with Crippen molar-refractivity contribution in [3.05, 3.63) is 211 Å². The highest BCUT2D eigenvalue weighted by atomic mass is 15.0. The van der Waals surface area contributed by atoms with E-state index in [0.717, 1.165) is 51.8 Å². The Bertz CT molecular complexity index is 2830. The molecule has 0 saturated heterocycles. The van der Waals surface area contributed by atoms with Crippen molar-refractivity contribution in [3.8, 4) is 89.8 Å². The minimum absolute atomic E-state index is 0.00125. The second-order valence-electron chi connectivity index (χ2n) is 15.7. The summed E-state index contributed by atoms with van der Waals surface area (Å²) in [6.07, 6.45) is 2.25. The topological polar surface area (TPSA) is 38.7 Å². The molecule has 0 amide bonds. The van der Waals surface area contributed by atoms with Crippen LogP contribution in [-0.4, -0.2) is 15.0 Å². The minimum Gasteiger partial charge on any atom is -0.208 e. The van der Waals surface area contributed by atoms with Crippen LogP contribution in [0.3, 0.4) is 0 Å². The molecule has 1 aromatic heterocycles. The molecule has 0 N–H and O–H groups in total. The largest absolute Gasteiger partial charge is 0.208 e. The van der Waals surface area contributed by atoms with Gasteiger partial charge in [0.2, 0.25) is 0 Å². The predicted octanol–water partition coefficient (Wildman–Crippen LogP) is 14.6. The first-order chi connectivity index (χ1) is 29.0. The number of hydrogen-bond acceptors (Lipinski definition) is 3. The lowest BCUT2D eigenvalue weighted by molar-refractivity contribution is 0.524. The van der Waals surface area contributed by atoms with Gasteiger partial charge in [-0.3, -0.25) is 0 Å². The van der Waals surface area contributed by atoms with Crippen molar-refractivity contribution in [2.75, 3.05) is 0 Å². The maximum absolute atomic E-state index is 5.12. The molecule has 0 aliphatic heterocycles. The molecule has 3 nitrogen and oxygen atoms in total. The maximum Gasteiger partial charge on any atom is 0.164 e. The summed E-state index contributed by atoms with van der Waals surface area (Å²) >= 11 is 0. The molecule has 1 aliphatic rings. The van der Waals surface area contributed by atoms with Crippen LogP contribution in [0.25, 0.3) is 89.8 Å². The van der Waals surface area contributed by atoms with Crippen LogP contribution in [0.1, 0.15) is 37.8 Å². The predicted molar refractivity (Wildman–Crippen MR) is 245 cm³/mol. The van der Waals surface area contributed by atoms with Crippen LogP contribution >= 0.6 is 0 Å². The van der Waals surface area contributed by atoms with Crippen LogP contribution in [0.15, 0.2) is 200 Å². The number of benzene rings is 8.